The van der Waals surface area contributed by atoms with Crippen molar-refractivity contribution in [3.05, 3.63) is 16.3 Å². The molecule has 0 unspecified atom stereocenters. The first-order chi connectivity index (χ1) is 12.1. The first-order valence-corrected chi connectivity index (χ1v) is 9.19. The number of nitrogens with zero attached hydrogens (tertiary/aromatic N) is 3. The SMILES string of the molecule is COCc1nc(OC)c2c(C)c(C(=O)N(C)C3CCNCC3)sc2n1. The number of rotatable bonds is 5. The average Bonchev–Trinajstić information content (AvgIpc) is 2.97. The number of aromatic nitrogens is 2. The summed E-state index contributed by atoms with van der Waals surface area (Å²) >= 11 is 1.40. The second kappa shape index (κ2) is 7.63. The molecule has 2 aromatic heterocycles. The van der Waals surface area contributed by atoms with Crippen molar-refractivity contribution in [3.8, 4) is 5.88 Å². The van der Waals surface area contributed by atoms with Crippen LogP contribution in [0.15, 0.2) is 0 Å². The van der Waals surface area contributed by atoms with Crippen molar-refractivity contribution in [2.45, 2.75) is 32.4 Å². The highest BCUT2D eigenvalue weighted by Crippen LogP contribution is 2.36. The van der Waals surface area contributed by atoms with Crippen molar-refractivity contribution >= 4 is 27.5 Å². The van der Waals surface area contributed by atoms with E-state index in [4.69, 9.17) is 9.47 Å². The zero-order valence-electron chi connectivity index (χ0n) is 15.1. The summed E-state index contributed by atoms with van der Waals surface area (Å²) in [6, 6.07) is 0.274. The third-order valence-electron chi connectivity index (χ3n) is 4.64. The fraction of sp³-hybridized carbons (Fsp3) is 0.588. The molecular formula is C17H24N4O3S. The summed E-state index contributed by atoms with van der Waals surface area (Å²) in [5.74, 6) is 1.09. The fourth-order valence-electron chi connectivity index (χ4n) is 3.21. The van der Waals surface area contributed by atoms with E-state index < -0.39 is 0 Å². The number of nitrogens with one attached hydrogen (secondary N) is 1. The zero-order chi connectivity index (χ0) is 18.0. The lowest BCUT2D eigenvalue weighted by molar-refractivity contribution is 0.0707. The van der Waals surface area contributed by atoms with Crippen LogP contribution in [0.5, 0.6) is 5.88 Å². The number of thiophene rings is 1. The number of amides is 1. The van der Waals surface area contributed by atoms with Gasteiger partial charge in [0.05, 0.1) is 17.4 Å². The first-order valence-electron chi connectivity index (χ1n) is 8.37. The van der Waals surface area contributed by atoms with Crippen LogP contribution in [0, 0.1) is 6.92 Å². The largest absolute Gasteiger partial charge is 0.480 e. The lowest BCUT2D eigenvalue weighted by atomic mass is 10.0. The average molecular weight is 364 g/mol. The quantitative estimate of drug-likeness (QED) is 0.874. The van der Waals surface area contributed by atoms with E-state index in [2.05, 4.69) is 15.3 Å². The molecule has 8 heteroatoms. The number of carbonyl (C=O) groups is 1. The van der Waals surface area contributed by atoms with Gasteiger partial charge in [-0.25, -0.2) is 4.98 Å². The van der Waals surface area contributed by atoms with E-state index in [-0.39, 0.29) is 11.9 Å². The minimum atomic E-state index is 0.0442. The molecule has 25 heavy (non-hydrogen) atoms. The van der Waals surface area contributed by atoms with E-state index in [0.717, 1.165) is 41.7 Å². The van der Waals surface area contributed by atoms with Gasteiger partial charge in [0.15, 0.2) is 5.82 Å². The Kier molecular flexibility index (Phi) is 5.51. The molecular weight excluding hydrogens is 340 g/mol. The molecule has 1 N–H and O–H groups in total. The summed E-state index contributed by atoms with van der Waals surface area (Å²) in [4.78, 5) is 25.3. The predicted octanol–water partition coefficient (Wildman–Crippen LogP) is 1.98. The van der Waals surface area contributed by atoms with Gasteiger partial charge in [0, 0.05) is 20.2 Å². The topological polar surface area (TPSA) is 76.6 Å². The monoisotopic (exact) mass is 364 g/mol. The van der Waals surface area contributed by atoms with Gasteiger partial charge in [-0.1, -0.05) is 0 Å². The third-order valence-corrected chi connectivity index (χ3v) is 5.81. The van der Waals surface area contributed by atoms with Crippen molar-refractivity contribution in [3.63, 3.8) is 0 Å². The van der Waals surface area contributed by atoms with Gasteiger partial charge in [0.2, 0.25) is 5.88 Å². The minimum absolute atomic E-state index is 0.0442. The molecule has 1 aliphatic heterocycles. The summed E-state index contributed by atoms with van der Waals surface area (Å²) in [5, 5.41) is 4.15. The van der Waals surface area contributed by atoms with E-state index in [9.17, 15) is 4.79 Å². The Morgan fingerprint density at radius 1 is 1.32 bits per heavy atom. The third kappa shape index (κ3) is 3.47. The molecule has 2 aromatic rings. The molecule has 136 valence electrons. The molecule has 0 radical (unpaired) electrons. The molecule has 3 rings (SSSR count). The highest BCUT2D eigenvalue weighted by atomic mass is 32.1. The maximum Gasteiger partial charge on any atom is 0.264 e. The number of methoxy groups -OCH3 is 2. The Hall–Kier alpha value is -1.77. The molecule has 1 aliphatic rings. The Labute approximate surface area is 151 Å². The number of fused-ring (bicyclic) bond motifs is 1. The van der Waals surface area contributed by atoms with E-state index >= 15 is 0 Å². The standard InChI is InChI=1S/C17H24N4O3S/c1-10-13-15(24-4)19-12(9-23-3)20-16(13)25-14(10)17(22)21(2)11-5-7-18-8-6-11/h11,18H,5-9H2,1-4H3. The summed E-state index contributed by atoms with van der Waals surface area (Å²) in [5.41, 5.74) is 0.881. The Balaban J connectivity index is 1.98. The second-order valence-electron chi connectivity index (χ2n) is 6.22. The van der Waals surface area contributed by atoms with Crippen molar-refractivity contribution in [1.82, 2.24) is 20.2 Å². The Morgan fingerprint density at radius 2 is 2.04 bits per heavy atom. The summed E-state index contributed by atoms with van der Waals surface area (Å²) in [6.45, 7) is 4.15. The highest BCUT2D eigenvalue weighted by Gasteiger charge is 2.27. The molecule has 1 fully saturated rings. The molecule has 0 atom stereocenters. The number of carbonyl (C=O) groups excluding carboxylic acids is 1. The lowest BCUT2D eigenvalue weighted by Gasteiger charge is -2.31. The van der Waals surface area contributed by atoms with Gasteiger partial charge >= 0.3 is 0 Å². The molecule has 1 saturated heterocycles. The smallest absolute Gasteiger partial charge is 0.264 e. The van der Waals surface area contributed by atoms with Crippen LogP contribution in [-0.2, 0) is 11.3 Å². The summed E-state index contributed by atoms with van der Waals surface area (Å²) < 4.78 is 10.6. The number of ether oxygens (including phenoxy) is 2. The van der Waals surface area contributed by atoms with Crippen molar-refractivity contribution in [1.29, 1.82) is 0 Å². The molecule has 0 bridgehead atoms. The van der Waals surface area contributed by atoms with E-state index in [1.165, 1.54) is 11.3 Å². The first kappa shape index (κ1) is 18.0. The van der Waals surface area contributed by atoms with E-state index in [1.54, 1.807) is 14.2 Å². The number of aryl methyl sites for hydroxylation is 1. The van der Waals surface area contributed by atoms with Crippen LogP contribution < -0.4 is 10.1 Å². The van der Waals surface area contributed by atoms with Crippen LogP contribution in [0.3, 0.4) is 0 Å². The van der Waals surface area contributed by atoms with Gasteiger partial charge in [0.25, 0.3) is 5.91 Å². The zero-order valence-corrected chi connectivity index (χ0v) is 15.9. The maximum absolute atomic E-state index is 13.0. The van der Waals surface area contributed by atoms with Gasteiger partial charge in [-0.15, -0.1) is 11.3 Å². The normalized spacial score (nSPS) is 15.5. The molecule has 3 heterocycles. The van der Waals surface area contributed by atoms with Crippen molar-refractivity contribution in [2.75, 3.05) is 34.4 Å². The van der Waals surface area contributed by atoms with Crippen LogP contribution >= 0.6 is 11.3 Å². The van der Waals surface area contributed by atoms with Gasteiger partial charge in [0.1, 0.15) is 11.4 Å². The molecule has 1 amide bonds. The second-order valence-corrected chi connectivity index (χ2v) is 7.21. The van der Waals surface area contributed by atoms with Crippen molar-refractivity contribution in [2.24, 2.45) is 0 Å². The molecule has 0 saturated carbocycles. The van der Waals surface area contributed by atoms with Gasteiger partial charge in [-0.05, 0) is 38.4 Å². The number of hydrogen-bond donors (Lipinski definition) is 1. The Morgan fingerprint density at radius 3 is 2.68 bits per heavy atom. The highest BCUT2D eigenvalue weighted by molar-refractivity contribution is 7.20. The van der Waals surface area contributed by atoms with E-state index in [1.807, 2.05) is 18.9 Å². The lowest BCUT2D eigenvalue weighted by Crippen LogP contribution is -2.43. The summed E-state index contributed by atoms with van der Waals surface area (Å²) in [6.07, 6.45) is 1.96. The number of hydrogen-bond acceptors (Lipinski definition) is 7. The van der Waals surface area contributed by atoms with Crippen LogP contribution in [0.2, 0.25) is 0 Å². The Bertz CT molecular complexity index is 771. The predicted molar refractivity (Wildman–Crippen MR) is 97.4 cm³/mol. The van der Waals surface area contributed by atoms with Gasteiger partial charge < -0.3 is 19.7 Å². The van der Waals surface area contributed by atoms with Gasteiger partial charge in [-0.2, -0.15) is 4.98 Å². The molecule has 0 aliphatic carbocycles. The number of piperidine rings is 1. The maximum atomic E-state index is 13.0. The summed E-state index contributed by atoms with van der Waals surface area (Å²) in [7, 11) is 5.07. The van der Waals surface area contributed by atoms with Crippen LogP contribution in [-0.4, -0.2) is 61.2 Å². The van der Waals surface area contributed by atoms with Crippen LogP contribution in [0.1, 0.15) is 33.9 Å². The molecule has 0 aromatic carbocycles. The minimum Gasteiger partial charge on any atom is -0.480 e. The van der Waals surface area contributed by atoms with E-state index in [0.29, 0.717) is 23.2 Å². The van der Waals surface area contributed by atoms with Gasteiger partial charge in [-0.3, -0.25) is 4.79 Å². The van der Waals surface area contributed by atoms with Crippen LogP contribution in [0.4, 0.5) is 0 Å². The molecule has 0 spiro atoms. The van der Waals surface area contributed by atoms with Crippen molar-refractivity contribution < 1.29 is 14.3 Å². The fourth-order valence-corrected chi connectivity index (χ4v) is 4.38. The van der Waals surface area contributed by atoms with Crippen LogP contribution in [0.25, 0.3) is 10.2 Å². The molecule has 7 nitrogen and oxygen atoms in total.